The molecule has 16 heteroatoms. The van der Waals surface area contributed by atoms with E-state index in [1.807, 2.05) is 12.2 Å². The highest BCUT2D eigenvalue weighted by Gasteiger charge is 2.63. The topological polar surface area (TPSA) is 172 Å². The number of fused-ring (bicyclic) bond motifs is 4. The van der Waals surface area contributed by atoms with Gasteiger partial charge in [-0.05, 0) is 83.6 Å². The minimum absolute atomic E-state index is 0.131. The monoisotopic (exact) mass is 797 g/mol. The van der Waals surface area contributed by atoms with Crippen molar-refractivity contribution < 1.29 is 41.5 Å². The molecule has 1 aromatic heterocycles. The molecule has 0 unspecified atom stereocenters. The normalized spacial score (nSPS) is 29.2. The van der Waals surface area contributed by atoms with Gasteiger partial charge in [-0.2, -0.15) is 0 Å². The molecule has 4 amide bonds. The molecule has 2 saturated carbocycles. The van der Waals surface area contributed by atoms with Crippen molar-refractivity contribution in [3.05, 3.63) is 52.6 Å². The molecule has 2 N–H and O–H groups in total. The Labute approximate surface area is 324 Å². The summed E-state index contributed by atoms with van der Waals surface area (Å²) in [5.74, 6) is -5.01. The fourth-order valence-corrected chi connectivity index (χ4v) is 10.4. The number of thiazole rings is 1. The molecule has 0 spiro atoms. The second-order valence-electron chi connectivity index (χ2n) is 16.6. The minimum Gasteiger partial charge on any atom is -0.460 e. The number of hydrogen-bond acceptors (Lipinski definition) is 10. The number of carbonyl (C=O) groups is 5. The number of nitrogens with one attached hydrogen (secondary N) is 2. The summed E-state index contributed by atoms with van der Waals surface area (Å²) >= 11 is 1.16. The predicted octanol–water partition coefficient (Wildman–Crippen LogP) is 4.20. The summed E-state index contributed by atoms with van der Waals surface area (Å²) in [4.78, 5) is 77.6. The van der Waals surface area contributed by atoms with Crippen molar-refractivity contribution in [2.24, 2.45) is 23.7 Å². The Morgan fingerprint density at radius 3 is 2.51 bits per heavy atom. The molecule has 0 radical (unpaired) electrons. The Kier molecular flexibility index (Phi) is 10.7. The molecule has 2 saturated heterocycles. The first-order chi connectivity index (χ1) is 26.0. The van der Waals surface area contributed by atoms with Gasteiger partial charge in [-0.15, -0.1) is 11.3 Å². The molecule has 55 heavy (non-hydrogen) atoms. The quantitative estimate of drug-likeness (QED) is 0.308. The second-order valence-corrected chi connectivity index (χ2v) is 19.4. The lowest BCUT2D eigenvalue weighted by Crippen LogP contribution is -2.58. The molecule has 6 atom stereocenters. The Morgan fingerprint density at radius 2 is 1.80 bits per heavy atom. The molecule has 1 aromatic carbocycles. The van der Waals surface area contributed by atoms with Gasteiger partial charge in [-0.25, -0.2) is 17.8 Å². The zero-order valence-electron chi connectivity index (χ0n) is 31.3. The van der Waals surface area contributed by atoms with Crippen molar-refractivity contribution >= 4 is 51.0 Å². The maximum atomic E-state index is 14.6. The molecule has 296 valence electrons. The zero-order valence-corrected chi connectivity index (χ0v) is 32.9. The highest BCUT2D eigenvalue weighted by molar-refractivity contribution is 7.91. The van der Waals surface area contributed by atoms with Gasteiger partial charge in [-0.3, -0.25) is 28.7 Å². The molecular weight excluding hydrogens is 750 g/mol. The van der Waals surface area contributed by atoms with Crippen LogP contribution >= 0.6 is 11.3 Å². The van der Waals surface area contributed by atoms with E-state index in [1.54, 1.807) is 43.2 Å². The van der Waals surface area contributed by atoms with Crippen LogP contribution in [0, 0.1) is 29.5 Å². The van der Waals surface area contributed by atoms with E-state index in [0.29, 0.717) is 43.4 Å². The van der Waals surface area contributed by atoms with Crippen LogP contribution in [-0.2, 0) is 33.9 Å². The van der Waals surface area contributed by atoms with Gasteiger partial charge < -0.3 is 19.9 Å². The van der Waals surface area contributed by atoms with Gasteiger partial charge in [0.2, 0.25) is 21.8 Å². The van der Waals surface area contributed by atoms with Gasteiger partial charge in [0.25, 0.3) is 11.8 Å². The molecule has 4 fully saturated rings. The molecule has 2 aliphatic carbocycles. The number of hydrogen-bond donors (Lipinski definition) is 2. The number of amides is 4. The lowest BCUT2D eigenvalue weighted by molar-refractivity contribution is -0.159. The standard InChI is InChI=1S/C39H48FN5O8S2/c1-38(2,3)53-31(46)17-24-9-7-5-4-6-8-10-26-18-39(26,37(50)43-55(51,52)28-15-16-28)42-33(47)32-29-21-44(19-25(29)20-45(32)35(24)48)36(49)34-41-30(22-54-34)23-11-13-27(40)14-12-23/h8,10-14,22,24-26,28-29,32H,4-7,9,15-21H2,1-3H3,(H,42,47)(H,43,50)/b10-8-/t24-,25-,26+,29-,32-,39+/m0/s1. The fraction of sp³-hybridized carbons (Fsp3) is 0.590. The third kappa shape index (κ3) is 8.49. The third-order valence-electron chi connectivity index (χ3n) is 11.3. The van der Waals surface area contributed by atoms with E-state index in [0.717, 1.165) is 24.2 Å². The average Bonchev–Trinajstić information content (AvgIpc) is 3.93. The van der Waals surface area contributed by atoms with Gasteiger partial charge in [0.15, 0.2) is 5.01 Å². The molecular formula is C39H48FN5O8S2. The number of likely N-dealkylation sites (tertiary alicyclic amines) is 1. The van der Waals surface area contributed by atoms with Crippen molar-refractivity contribution in [1.82, 2.24) is 24.8 Å². The summed E-state index contributed by atoms with van der Waals surface area (Å²) in [6, 6.07) is 4.72. The van der Waals surface area contributed by atoms with E-state index >= 15 is 0 Å². The van der Waals surface area contributed by atoms with E-state index in [9.17, 15) is 36.8 Å². The van der Waals surface area contributed by atoms with Crippen LogP contribution in [-0.4, -0.2) is 94.9 Å². The number of benzene rings is 1. The second kappa shape index (κ2) is 15.1. The highest BCUT2D eigenvalue weighted by atomic mass is 32.2. The van der Waals surface area contributed by atoms with Crippen molar-refractivity contribution in [2.45, 2.75) is 101 Å². The first-order valence-electron chi connectivity index (χ1n) is 19.1. The summed E-state index contributed by atoms with van der Waals surface area (Å²) in [5, 5.41) is 4.23. The first kappa shape index (κ1) is 39.1. The van der Waals surface area contributed by atoms with Gasteiger partial charge in [0, 0.05) is 54.2 Å². The zero-order chi connectivity index (χ0) is 39.3. The van der Waals surface area contributed by atoms with E-state index in [1.165, 1.54) is 17.0 Å². The van der Waals surface area contributed by atoms with Gasteiger partial charge in [0.1, 0.15) is 23.0 Å². The van der Waals surface area contributed by atoms with Crippen LogP contribution in [0.5, 0.6) is 0 Å². The first-order valence-corrected chi connectivity index (χ1v) is 21.5. The number of esters is 1. The number of nitrogens with zero attached hydrogens (tertiary/aromatic N) is 3. The molecule has 5 aliphatic rings. The molecule has 3 aliphatic heterocycles. The Morgan fingerprint density at radius 1 is 1.05 bits per heavy atom. The van der Waals surface area contributed by atoms with Crippen LogP contribution < -0.4 is 10.0 Å². The number of ether oxygens (including phenoxy) is 1. The molecule has 13 nitrogen and oxygen atoms in total. The highest BCUT2D eigenvalue weighted by Crippen LogP contribution is 2.47. The Balaban J connectivity index is 1.17. The van der Waals surface area contributed by atoms with Crippen LogP contribution in [0.1, 0.15) is 88.4 Å². The summed E-state index contributed by atoms with van der Waals surface area (Å²) in [6.45, 7) is 5.80. The Bertz CT molecular complexity index is 1990. The third-order valence-corrected chi connectivity index (χ3v) is 13.9. The number of carbonyl (C=O) groups excluding carboxylic acids is 5. The number of sulfonamides is 1. The van der Waals surface area contributed by atoms with Crippen LogP contribution in [0.4, 0.5) is 4.39 Å². The van der Waals surface area contributed by atoms with E-state index in [4.69, 9.17) is 4.74 Å². The molecule has 0 bridgehead atoms. The number of aromatic nitrogens is 1. The van der Waals surface area contributed by atoms with Crippen LogP contribution in [0.25, 0.3) is 11.3 Å². The van der Waals surface area contributed by atoms with Gasteiger partial charge >= 0.3 is 5.97 Å². The minimum atomic E-state index is -3.91. The number of rotatable bonds is 7. The summed E-state index contributed by atoms with van der Waals surface area (Å²) in [5.41, 5.74) is -1.09. The van der Waals surface area contributed by atoms with E-state index < -0.39 is 68.0 Å². The predicted molar refractivity (Wildman–Crippen MR) is 201 cm³/mol. The van der Waals surface area contributed by atoms with E-state index in [2.05, 4.69) is 15.0 Å². The number of allylic oxidation sites excluding steroid dienone is 1. The van der Waals surface area contributed by atoms with Crippen LogP contribution in [0.2, 0.25) is 0 Å². The van der Waals surface area contributed by atoms with Crippen LogP contribution in [0.3, 0.4) is 0 Å². The van der Waals surface area contributed by atoms with Gasteiger partial charge in [0.05, 0.1) is 17.4 Å². The van der Waals surface area contributed by atoms with Crippen molar-refractivity contribution in [3.8, 4) is 11.3 Å². The Hall–Kier alpha value is -4.18. The molecule has 4 heterocycles. The maximum Gasteiger partial charge on any atom is 0.307 e. The summed E-state index contributed by atoms with van der Waals surface area (Å²) < 4.78 is 47.1. The largest absolute Gasteiger partial charge is 0.460 e. The smallest absolute Gasteiger partial charge is 0.307 e. The van der Waals surface area contributed by atoms with Crippen molar-refractivity contribution in [3.63, 3.8) is 0 Å². The SMILES string of the molecule is CC(C)(C)OC(=O)C[C@@H]1CCCCC/C=C\[C@@H]2C[C@@]2(C(=O)NS(=O)(=O)C2CC2)NC(=O)[C@@H]2[C@H]3CN(C(=O)c4nc(-c5ccc(F)cc5)cs4)C[C@H]3CN2C1=O. The summed E-state index contributed by atoms with van der Waals surface area (Å²) in [7, 11) is -3.91. The van der Waals surface area contributed by atoms with Crippen molar-refractivity contribution in [1.29, 1.82) is 0 Å². The van der Waals surface area contributed by atoms with Gasteiger partial charge in [-0.1, -0.05) is 25.0 Å². The van der Waals surface area contributed by atoms with Crippen molar-refractivity contribution in [2.75, 3.05) is 19.6 Å². The molecule has 2 aromatic rings. The maximum absolute atomic E-state index is 14.6. The van der Waals surface area contributed by atoms with E-state index in [-0.39, 0.29) is 61.0 Å². The molecule has 7 rings (SSSR count). The number of halogens is 1. The lowest BCUT2D eigenvalue weighted by Gasteiger charge is -2.32. The average molecular weight is 798 g/mol. The fourth-order valence-electron chi connectivity index (χ4n) is 8.21. The summed E-state index contributed by atoms with van der Waals surface area (Å²) in [6.07, 6.45) is 8.16. The lowest BCUT2D eigenvalue weighted by atomic mass is 9.92. The van der Waals surface area contributed by atoms with Crippen LogP contribution in [0.15, 0.2) is 41.8 Å².